The minimum absolute atomic E-state index is 0.574. The van der Waals surface area contributed by atoms with Crippen molar-refractivity contribution >= 4 is 16.6 Å². The molecule has 0 saturated heterocycles. The van der Waals surface area contributed by atoms with E-state index >= 15 is 0 Å². The van der Waals surface area contributed by atoms with Crippen LogP contribution in [0.3, 0.4) is 0 Å². The maximum atomic E-state index is 9.37. The fourth-order valence-corrected chi connectivity index (χ4v) is 2.46. The van der Waals surface area contributed by atoms with Crippen molar-refractivity contribution in [1.29, 1.82) is 5.26 Å². The van der Waals surface area contributed by atoms with Crippen LogP contribution in [0.2, 0.25) is 0 Å². The summed E-state index contributed by atoms with van der Waals surface area (Å²) in [6.07, 6.45) is 5.32. The Hall–Kier alpha value is -2.87. The molecule has 0 aliphatic heterocycles. The SMILES string of the molecule is CN(Cc1nccn1C)c1c(C#N)cnc2ccccc12. The molecule has 104 valence electrons. The van der Waals surface area contributed by atoms with Crippen LogP contribution in [-0.4, -0.2) is 21.6 Å². The van der Waals surface area contributed by atoms with Crippen molar-refractivity contribution in [3.8, 4) is 6.07 Å². The van der Waals surface area contributed by atoms with Gasteiger partial charge in [0, 0.05) is 38.1 Å². The van der Waals surface area contributed by atoms with E-state index in [4.69, 9.17) is 0 Å². The van der Waals surface area contributed by atoms with Crippen LogP contribution in [0.15, 0.2) is 42.9 Å². The van der Waals surface area contributed by atoms with E-state index in [0.29, 0.717) is 12.1 Å². The van der Waals surface area contributed by atoms with Crippen LogP contribution >= 0.6 is 0 Å². The van der Waals surface area contributed by atoms with Crippen LogP contribution in [0, 0.1) is 11.3 Å². The number of anilines is 1. The molecule has 0 bridgehead atoms. The molecule has 0 unspecified atom stereocenters. The molecule has 2 heterocycles. The van der Waals surface area contributed by atoms with Gasteiger partial charge in [0.2, 0.25) is 0 Å². The quantitative estimate of drug-likeness (QED) is 0.738. The van der Waals surface area contributed by atoms with E-state index in [1.165, 1.54) is 0 Å². The zero-order valence-electron chi connectivity index (χ0n) is 12.0. The van der Waals surface area contributed by atoms with Crippen molar-refractivity contribution in [3.63, 3.8) is 0 Å². The Morgan fingerprint density at radius 2 is 2.10 bits per heavy atom. The van der Waals surface area contributed by atoms with Crippen molar-refractivity contribution in [2.24, 2.45) is 7.05 Å². The summed E-state index contributed by atoms with van der Waals surface area (Å²) < 4.78 is 1.98. The van der Waals surface area contributed by atoms with E-state index in [0.717, 1.165) is 22.4 Å². The zero-order chi connectivity index (χ0) is 14.8. The van der Waals surface area contributed by atoms with Gasteiger partial charge in [-0.15, -0.1) is 0 Å². The van der Waals surface area contributed by atoms with Crippen LogP contribution in [0.1, 0.15) is 11.4 Å². The highest BCUT2D eigenvalue weighted by Crippen LogP contribution is 2.29. The van der Waals surface area contributed by atoms with Gasteiger partial charge in [0.25, 0.3) is 0 Å². The van der Waals surface area contributed by atoms with Crippen molar-refractivity contribution in [2.75, 3.05) is 11.9 Å². The Morgan fingerprint density at radius 1 is 1.29 bits per heavy atom. The van der Waals surface area contributed by atoms with E-state index in [-0.39, 0.29) is 0 Å². The van der Waals surface area contributed by atoms with Gasteiger partial charge in [-0.25, -0.2) is 4.98 Å². The molecule has 0 N–H and O–H groups in total. The molecule has 0 atom stereocenters. The molecule has 0 saturated carbocycles. The van der Waals surface area contributed by atoms with Gasteiger partial charge in [0.15, 0.2) is 0 Å². The normalized spacial score (nSPS) is 10.5. The lowest BCUT2D eigenvalue weighted by molar-refractivity contribution is 0.762. The van der Waals surface area contributed by atoms with Crippen LogP contribution in [0.5, 0.6) is 0 Å². The summed E-state index contributed by atoms with van der Waals surface area (Å²) in [7, 11) is 3.93. The number of nitrogens with zero attached hydrogens (tertiary/aromatic N) is 5. The van der Waals surface area contributed by atoms with E-state index in [1.807, 2.05) is 54.0 Å². The number of para-hydroxylation sites is 1. The third-order valence-corrected chi connectivity index (χ3v) is 3.55. The second-order valence-electron chi connectivity index (χ2n) is 4.96. The lowest BCUT2D eigenvalue weighted by Gasteiger charge is -2.21. The first-order chi connectivity index (χ1) is 10.2. The molecule has 21 heavy (non-hydrogen) atoms. The third kappa shape index (κ3) is 2.32. The van der Waals surface area contributed by atoms with Gasteiger partial charge in [-0.2, -0.15) is 5.26 Å². The summed E-state index contributed by atoms with van der Waals surface area (Å²) in [4.78, 5) is 10.7. The number of rotatable bonds is 3. The Bertz CT molecular complexity index is 828. The van der Waals surface area contributed by atoms with Crippen LogP contribution in [0.25, 0.3) is 10.9 Å². The fourth-order valence-electron chi connectivity index (χ4n) is 2.46. The predicted molar refractivity (Wildman–Crippen MR) is 81.8 cm³/mol. The van der Waals surface area contributed by atoms with Gasteiger partial charge in [-0.1, -0.05) is 18.2 Å². The van der Waals surface area contributed by atoms with Crippen molar-refractivity contribution in [3.05, 3.63) is 54.2 Å². The molecule has 1 aromatic carbocycles. The first kappa shape index (κ1) is 13.1. The second-order valence-corrected chi connectivity index (χ2v) is 4.96. The highest BCUT2D eigenvalue weighted by atomic mass is 15.2. The third-order valence-electron chi connectivity index (χ3n) is 3.55. The average Bonchev–Trinajstić information content (AvgIpc) is 2.91. The number of aromatic nitrogens is 3. The average molecular weight is 277 g/mol. The monoisotopic (exact) mass is 277 g/mol. The number of fused-ring (bicyclic) bond motifs is 1. The Kier molecular flexibility index (Phi) is 3.28. The van der Waals surface area contributed by atoms with Gasteiger partial charge in [-0.05, 0) is 6.07 Å². The maximum absolute atomic E-state index is 9.37. The fraction of sp³-hybridized carbons (Fsp3) is 0.188. The van der Waals surface area contributed by atoms with Gasteiger partial charge in [0.1, 0.15) is 11.9 Å². The minimum Gasteiger partial charge on any atom is -0.365 e. The smallest absolute Gasteiger partial charge is 0.127 e. The van der Waals surface area contributed by atoms with E-state index < -0.39 is 0 Å². The lowest BCUT2D eigenvalue weighted by atomic mass is 10.1. The molecule has 5 nitrogen and oxygen atoms in total. The second kappa shape index (κ2) is 5.25. The standard InChI is InChI=1S/C16H15N5/c1-20-8-7-18-15(20)11-21(2)16-12(9-17)10-19-14-6-4-3-5-13(14)16/h3-8,10H,11H2,1-2H3. The summed E-state index contributed by atoms with van der Waals surface area (Å²) >= 11 is 0. The predicted octanol–water partition coefficient (Wildman–Crippen LogP) is 2.48. The van der Waals surface area contributed by atoms with Crippen molar-refractivity contribution in [1.82, 2.24) is 14.5 Å². The summed E-state index contributed by atoms with van der Waals surface area (Å²) in [5.41, 5.74) is 2.36. The molecule has 0 spiro atoms. The minimum atomic E-state index is 0.574. The van der Waals surface area contributed by atoms with Gasteiger partial charge < -0.3 is 9.47 Å². The summed E-state index contributed by atoms with van der Waals surface area (Å²) in [5.74, 6) is 0.947. The Labute approximate surface area is 123 Å². The number of aryl methyl sites for hydroxylation is 1. The Morgan fingerprint density at radius 3 is 2.81 bits per heavy atom. The molecule has 0 amide bonds. The number of hydrogen-bond acceptors (Lipinski definition) is 4. The molecule has 2 aromatic heterocycles. The first-order valence-corrected chi connectivity index (χ1v) is 6.66. The topological polar surface area (TPSA) is 57.7 Å². The molecule has 0 fully saturated rings. The highest BCUT2D eigenvalue weighted by molar-refractivity contribution is 5.94. The highest BCUT2D eigenvalue weighted by Gasteiger charge is 2.14. The first-order valence-electron chi connectivity index (χ1n) is 6.66. The number of nitriles is 1. The molecule has 3 rings (SSSR count). The van der Waals surface area contributed by atoms with Gasteiger partial charge in [-0.3, -0.25) is 4.98 Å². The largest absolute Gasteiger partial charge is 0.365 e. The summed E-state index contributed by atoms with van der Waals surface area (Å²) in [6.45, 7) is 0.631. The number of pyridine rings is 1. The van der Waals surface area contributed by atoms with Crippen molar-refractivity contribution in [2.45, 2.75) is 6.54 Å². The van der Waals surface area contributed by atoms with Crippen LogP contribution < -0.4 is 4.90 Å². The summed E-state index contributed by atoms with van der Waals surface area (Å²) in [5, 5.41) is 10.3. The molecule has 0 radical (unpaired) electrons. The van der Waals surface area contributed by atoms with E-state index in [1.54, 1.807) is 12.4 Å². The van der Waals surface area contributed by atoms with Crippen molar-refractivity contribution < 1.29 is 0 Å². The zero-order valence-corrected chi connectivity index (χ0v) is 12.0. The Balaban J connectivity index is 2.10. The van der Waals surface area contributed by atoms with Gasteiger partial charge in [0.05, 0.1) is 23.3 Å². The van der Waals surface area contributed by atoms with Gasteiger partial charge >= 0.3 is 0 Å². The van der Waals surface area contributed by atoms with E-state index in [2.05, 4.69) is 16.0 Å². The molecular formula is C16H15N5. The van der Waals surface area contributed by atoms with Crippen LogP contribution in [-0.2, 0) is 13.6 Å². The molecule has 5 heteroatoms. The molecule has 0 aliphatic carbocycles. The summed E-state index contributed by atoms with van der Waals surface area (Å²) in [6, 6.07) is 10.1. The molecule has 0 aliphatic rings. The maximum Gasteiger partial charge on any atom is 0.127 e. The number of imidazole rings is 1. The number of benzene rings is 1. The number of hydrogen-bond donors (Lipinski definition) is 0. The lowest BCUT2D eigenvalue weighted by Crippen LogP contribution is -2.20. The molecule has 3 aromatic rings. The van der Waals surface area contributed by atoms with E-state index in [9.17, 15) is 5.26 Å². The van der Waals surface area contributed by atoms with Crippen LogP contribution in [0.4, 0.5) is 5.69 Å². The molecular weight excluding hydrogens is 262 g/mol.